The van der Waals surface area contributed by atoms with E-state index < -0.39 is 20.2 Å². The maximum atomic E-state index is 12.1. The summed E-state index contributed by atoms with van der Waals surface area (Å²) in [4.78, 5) is 10.4. The Morgan fingerprint density at radius 3 is 2.53 bits per heavy atom. The van der Waals surface area contributed by atoms with Crippen LogP contribution in [0.25, 0.3) is 0 Å². The molecule has 9 heteroatoms. The second kappa shape index (κ2) is 9.14. The molecule has 0 spiro atoms. The molecule has 2 unspecified atom stereocenters. The summed E-state index contributed by atoms with van der Waals surface area (Å²) in [5, 5.41) is 2.75. The molecule has 0 bridgehead atoms. The fraction of sp³-hybridized carbons (Fsp3) is 0.143. The molecule has 30 heavy (non-hydrogen) atoms. The number of alkyl halides is 1. The van der Waals surface area contributed by atoms with Gasteiger partial charge < -0.3 is 0 Å². The largest absolute Gasteiger partial charge is 0.285 e. The Balaban J connectivity index is 1.86. The molecule has 1 aliphatic rings. The van der Waals surface area contributed by atoms with Crippen molar-refractivity contribution in [2.45, 2.75) is 16.5 Å². The third-order valence-corrected chi connectivity index (χ3v) is 6.57. The summed E-state index contributed by atoms with van der Waals surface area (Å²) in [6.45, 7) is 0. The zero-order chi connectivity index (χ0) is 21.8. The van der Waals surface area contributed by atoms with E-state index in [1.54, 1.807) is 24.3 Å². The first kappa shape index (κ1) is 22.2. The molecule has 0 aliphatic heterocycles. The molecule has 156 valence electrons. The van der Waals surface area contributed by atoms with Crippen LogP contribution in [0, 0.1) is 0 Å². The highest BCUT2D eigenvalue weighted by Gasteiger charge is 2.45. The van der Waals surface area contributed by atoms with Crippen molar-refractivity contribution in [2.75, 3.05) is 0 Å². The minimum atomic E-state index is -4.53. The second-order valence-corrected chi connectivity index (χ2v) is 9.23. The van der Waals surface area contributed by atoms with Crippen LogP contribution in [0.15, 0.2) is 83.0 Å². The Morgan fingerprint density at radius 2 is 1.83 bits per heavy atom. The highest BCUT2D eigenvalue weighted by atomic mass is 35.5. The van der Waals surface area contributed by atoms with Gasteiger partial charge in [0.2, 0.25) is 5.91 Å². The Labute approximate surface area is 184 Å². The summed E-state index contributed by atoms with van der Waals surface area (Å²) < 4.78 is 33.5. The molecule has 2 N–H and O–H groups in total. The molecule has 0 saturated heterocycles. The highest BCUT2D eigenvalue weighted by Crippen LogP contribution is 2.43. The second-order valence-electron chi connectivity index (χ2n) is 6.63. The Morgan fingerprint density at radius 1 is 1.17 bits per heavy atom. The minimum absolute atomic E-state index is 0.160. The molecular formula is C21H18Cl2N2O4S. The van der Waals surface area contributed by atoms with Crippen LogP contribution in [0.2, 0.25) is 0 Å². The van der Waals surface area contributed by atoms with E-state index in [2.05, 4.69) is 10.5 Å². The fourth-order valence-corrected chi connectivity index (χ4v) is 5.06. The third-order valence-electron chi connectivity index (χ3n) is 4.49. The number of halogens is 2. The lowest BCUT2D eigenvalue weighted by atomic mass is 9.88. The van der Waals surface area contributed by atoms with Crippen molar-refractivity contribution >= 4 is 45.4 Å². The number of amides is 1. The van der Waals surface area contributed by atoms with Gasteiger partial charge in [0.25, 0.3) is 10.1 Å². The molecule has 6 nitrogen and oxygen atoms in total. The zero-order valence-electron chi connectivity index (χ0n) is 15.6. The van der Waals surface area contributed by atoms with E-state index in [0.29, 0.717) is 11.1 Å². The lowest BCUT2D eigenvalue weighted by molar-refractivity contribution is -0.120. The van der Waals surface area contributed by atoms with E-state index in [-0.39, 0.29) is 17.4 Å². The molecule has 2 aromatic carbocycles. The molecule has 2 aromatic rings. The monoisotopic (exact) mass is 464 g/mol. The quantitative estimate of drug-likeness (QED) is 0.294. The van der Waals surface area contributed by atoms with E-state index in [9.17, 15) is 17.8 Å². The van der Waals surface area contributed by atoms with Crippen molar-refractivity contribution < 1.29 is 17.8 Å². The van der Waals surface area contributed by atoms with Gasteiger partial charge in [-0.2, -0.15) is 13.5 Å². The van der Waals surface area contributed by atoms with Gasteiger partial charge in [-0.3, -0.25) is 9.35 Å². The van der Waals surface area contributed by atoms with Crippen molar-refractivity contribution in [3.63, 3.8) is 0 Å². The van der Waals surface area contributed by atoms with Gasteiger partial charge >= 0.3 is 0 Å². The van der Waals surface area contributed by atoms with Gasteiger partial charge in [0, 0.05) is 5.03 Å². The van der Waals surface area contributed by atoms with Crippen LogP contribution in [0.5, 0.6) is 0 Å². The summed E-state index contributed by atoms with van der Waals surface area (Å²) in [5.74, 6) is -0.310. The van der Waals surface area contributed by atoms with E-state index in [1.807, 2.05) is 30.3 Å². The van der Waals surface area contributed by atoms with Crippen LogP contribution >= 0.6 is 23.2 Å². The van der Waals surface area contributed by atoms with Gasteiger partial charge in [0.1, 0.15) is 10.1 Å². The molecule has 0 radical (unpaired) electrons. The lowest BCUT2D eigenvalue weighted by Crippen LogP contribution is -2.39. The molecule has 2 atom stereocenters. The summed E-state index contributed by atoms with van der Waals surface area (Å²) in [6, 6.07) is 15.9. The number of hydrogen-bond acceptors (Lipinski definition) is 4. The maximum absolute atomic E-state index is 12.1. The normalized spacial score (nSPS) is 21.4. The zero-order valence-corrected chi connectivity index (χ0v) is 17.9. The average molecular weight is 465 g/mol. The van der Waals surface area contributed by atoms with Gasteiger partial charge in [-0.15, -0.1) is 11.6 Å². The number of benzene rings is 2. The molecule has 0 saturated carbocycles. The molecule has 1 aliphatic carbocycles. The molecule has 0 fully saturated rings. The van der Waals surface area contributed by atoms with Crippen LogP contribution in [-0.4, -0.2) is 30.3 Å². The SMILES string of the molecule is O=C(Cc1ccccc1)N/N=C/c1ccccc1C1(Cl)C=C(Cl)C=CC1S(=O)(=O)O. The van der Waals surface area contributed by atoms with Crippen molar-refractivity contribution in [1.29, 1.82) is 0 Å². The number of carbonyl (C=O) groups excluding carboxylic acids is 1. The Kier molecular flexibility index (Phi) is 6.77. The Hall–Kier alpha value is -2.45. The van der Waals surface area contributed by atoms with E-state index in [1.165, 1.54) is 24.4 Å². The van der Waals surface area contributed by atoms with Gasteiger partial charge in [-0.1, -0.05) is 72.3 Å². The fourth-order valence-electron chi connectivity index (χ4n) is 3.15. The summed E-state index contributed by atoms with van der Waals surface area (Å²) in [5.41, 5.74) is 4.09. The molecule has 0 heterocycles. The Bertz CT molecular complexity index is 1130. The van der Waals surface area contributed by atoms with Crippen LogP contribution in [-0.2, 0) is 26.2 Å². The first-order chi connectivity index (χ1) is 14.2. The lowest BCUT2D eigenvalue weighted by Gasteiger charge is -2.32. The van der Waals surface area contributed by atoms with Crippen LogP contribution in [0.3, 0.4) is 0 Å². The van der Waals surface area contributed by atoms with Crippen molar-refractivity contribution in [3.05, 3.63) is 94.5 Å². The highest BCUT2D eigenvalue weighted by molar-refractivity contribution is 7.86. The summed E-state index contributed by atoms with van der Waals surface area (Å²) >= 11 is 12.8. The number of nitrogens with one attached hydrogen (secondary N) is 1. The number of nitrogens with zero attached hydrogens (tertiary/aromatic N) is 1. The van der Waals surface area contributed by atoms with Crippen LogP contribution < -0.4 is 5.43 Å². The molecule has 1 amide bonds. The van der Waals surface area contributed by atoms with Gasteiger partial charge in [0.05, 0.1) is 12.6 Å². The number of rotatable bonds is 6. The van der Waals surface area contributed by atoms with Gasteiger partial charge in [0.15, 0.2) is 0 Å². The summed E-state index contributed by atoms with van der Waals surface area (Å²) in [7, 11) is -4.53. The number of hydrogen-bond donors (Lipinski definition) is 2. The van der Waals surface area contributed by atoms with Gasteiger partial charge in [-0.25, -0.2) is 5.43 Å². The van der Waals surface area contributed by atoms with E-state index >= 15 is 0 Å². The molecular weight excluding hydrogens is 447 g/mol. The van der Waals surface area contributed by atoms with Crippen molar-refractivity contribution in [1.82, 2.24) is 5.43 Å². The average Bonchev–Trinajstić information content (AvgIpc) is 2.68. The van der Waals surface area contributed by atoms with Crippen LogP contribution in [0.4, 0.5) is 0 Å². The maximum Gasteiger partial charge on any atom is 0.273 e. The predicted octanol–water partition coefficient (Wildman–Crippen LogP) is 3.76. The predicted molar refractivity (Wildman–Crippen MR) is 118 cm³/mol. The topological polar surface area (TPSA) is 95.8 Å². The smallest absolute Gasteiger partial charge is 0.273 e. The standard InChI is InChI=1S/C21H18Cl2N2O4S/c22-17-10-11-19(30(27,28)29)21(23,13-17)18-9-5-4-8-16(18)14-24-25-20(26)12-15-6-2-1-3-7-15/h1-11,13-14,19H,12H2,(H,25,26)(H,27,28,29)/b24-14+. The summed E-state index contributed by atoms with van der Waals surface area (Å²) in [6.07, 6.45) is 5.48. The van der Waals surface area contributed by atoms with Crippen LogP contribution in [0.1, 0.15) is 16.7 Å². The molecule has 0 aromatic heterocycles. The third kappa shape index (κ3) is 5.17. The van der Waals surface area contributed by atoms with Crippen molar-refractivity contribution in [3.8, 4) is 0 Å². The van der Waals surface area contributed by atoms with Gasteiger partial charge in [-0.05, 0) is 28.8 Å². The number of carbonyl (C=O) groups is 1. The van der Waals surface area contributed by atoms with E-state index in [0.717, 1.165) is 5.56 Å². The number of allylic oxidation sites excluding steroid dienone is 3. The van der Waals surface area contributed by atoms with Crippen molar-refractivity contribution in [2.24, 2.45) is 5.10 Å². The first-order valence-corrected chi connectivity index (χ1v) is 11.1. The number of hydrazone groups is 1. The minimum Gasteiger partial charge on any atom is -0.285 e. The van der Waals surface area contributed by atoms with E-state index in [4.69, 9.17) is 23.2 Å². The molecule has 3 rings (SSSR count). The first-order valence-electron chi connectivity index (χ1n) is 8.87.